The highest BCUT2D eigenvalue weighted by atomic mass is 16.1. The lowest BCUT2D eigenvalue weighted by atomic mass is 9.97. The Morgan fingerprint density at radius 1 is 1.21 bits per heavy atom. The van der Waals surface area contributed by atoms with E-state index in [0.717, 1.165) is 24.1 Å². The average molecular weight is 320 g/mol. The molecular weight excluding hydrogens is 296 g/mol. The van der Waals surface area contributed by atoms with Gasteiger partial charge in [-0.15, -0.1) is 0 Å². The summed E-state index contributed by atoms with van der Waals surface area (Å²) in [5.74, 6) is -0.0718. The number of hydrogen-bond donors (Lipinski definition) is 1. The van der Waals surface area contributed by atoms with Crippen LogP contribution in [0.25, 0.3) is 6.08 Å². The van der Waals surface area contributed by atoms with Crippen LogP contribution in [-0.4, -0.2) is 19.5 Å². The molecule has 124 valence electrons. The van der Waals surface area contributed by atoms with Crippen LogP contribution < -0.4 is 10.2 Å². The van der Waals surface area contributed by atoms with Crippen LogP contribution in [-0.2, 0) is 11.2 Å². The highest BCUT2D eigenvalue weighted by Gasteiger charge is 2.16. The van der Waals surface area contributed by atoms with E-state index in [1.54, 1.807) is 6.08 Å². The average Bonchev–Trinajstić information content (AvgIpc) is 2.61. The topological polar surface area (TPSA) is 32.3 Å². The first kappa shape index (κ1) is 16.3. The standard InChI is InChI=1S/C21H24N2O/c1-16(22-21(24)13-10-17-7-4-3-5-8-17)19-12-11-18-9-6-14-23(2)20(18)15-19/h3-5,7-8,10-13,15-16H,6,9,14H2,1-2H3,(H,22,24)/b13-10-. The molecule has 0 saturated heterocycles. The quantitative estimate of drug-likeness (QED) is 0.865. The fourth-order valence-electron chi connectivity index (χ4n) is 3.12. The number of carbonyl (C=O) groups is 1. The Bertz CT molecular complexity index is 737. The number of anilines is 1. The number of benzene rings is 2. The molecule has 1 aliphatic heterocycles. The first-order valence-electron chi connectivity index (χ1n) is 8.51. The molecule has 24 heavy (non-hydrogen) atoms. The molecule has 0 aromatic heterocycles. The van der Waals surface area contributed by atoms with Crippen molar-refractivity contribution in [1.29, 1.82) is 0 Å². The van der Waals surface area contributed by atoms with E-state index < -0.39 is 0 Å². The van der Waals surface area contributed by atoms with Crippen molar-refractivity contribution in [2.75, 3.05) is 18.5 Å². The number of aryl methyl sites for hydroxylation is 1. The Balaban J connectivity index is 1.66. The molecule has 0 radical (unpaired) electrons. The second-order valence-corrected chi connectivity index (χ2v) is 6.39. The van der Waals surface area contributed by atoms with Crippen LogP contribution in [0, 0.1) is 0 Å². The molecule has 3 nitrogen and oxygen atoms in total. The third kappa shape index (κ3) is 3.85. The summed E-state index contributed by atoms with van der Waals surface area (Å²) < 4.78 is 0. The number of fused-ring (bicyclic) bond motifs is 1. The Hall–Kier alpha value is -2.55. The molecule has 1 aliphatic rings. The summed E-state index contributed by atoms with van der Waals surface area (Å²) in [4.78, 5) is 14.4. The zero-order valence-electron chi connectivity index (χ0n) is 14.3. The number of carbonyl (C=O) groups excluding carboxylic acids is 1. The molecule has 1 atom stereocenters. The normalized spacial score (nSPS) is 15.2. The van der Waals surface area contributed by atoms with Gasteiger partial charge in [0.1, 0.15) is 0 Å². The van der Waals surface area contributed by atoms with E-state index in [2.05, 4.69) is 35.5 Å². The second kappa shape index (κ2) is 7.35. The van der Waals surface area contributed by atoms with Gasteiger partial charge in [0.25, 0.3) is 0 Å². The number of hydrogen-bond acceptors (Lipinski definition) is 2. The summed E-state index contributed by atoms with van der Waals surface area (Å²) in [6.07, 6.45) is 5.78. The zero-order chi connectivity index (χ0) is 16.9. The van der Waals surface area contributed by atoms with Crippen molar-refractivity contribution in [2.45, 2.75) is 25.8 Å². The van der Waals surface area contributed by atoms with Crippen LogP contribution in [0.2, 0.25) is 0 Å². The van der Waals surface area contributed by atoms with Gasteiger partial charge in [-0.2, -0.15) is 0 Å². The van der Waals surface area contributed by atoms with Gasteiger partial charge < -0.3 is 10.2 Å². The van der Waals surface area contributed by atoms with Gasteiger partial charge in [-0.05, 0) is 48.6 Å². The molecule has 0 fully saturated rings. The Morgan fingerprint density at radius 3 is 2.79 bits per heavy atom. The monoisotopic (exact) mass is 320 g/mol. The van der Waals surface area contributed by atoms with E-state index in [4.69, 9.17) is 0 Å². The molecule has 0 aliphatic carbocycles. The first-order chi connectivity index (χ1) is 11.6. The van der Waals surface area contributed by atoms with Crippen molar-refractivity contribution < 1.29 is 4.79 Å². The molecular formula is C21H24N2O. The lowest BCUT2D eigenvalue weighted by molar-refractivity contribution is -0.117. The molecule has 0 spiro atoms. The highest BCUT2D eigenvalue weighted by Crippen LogP contribution is 2.29. The minimum absolute atomic E-state index is 0.0152. The van der Waals surface area contributed by atoms with Crippen molar-refractivity contribution in [3.8, 4) is 0 Å². The molecule has 1 amide bonds. The van der Waals surface area contributed by atoms with Gasteiger partial charge in [-0.25, -0.2) is 0 Å². The first-order valence-corrected chi connectivity index (χ1v) is 8.51. The largest absolute Gasteiger partial charge is 0.374 e. The van der Waals surface area contributed by atoms with Gasteiger partial charge >= 0.3 is 0 Å². The van der Waals surface area contributed by atoms with E-state index in [1.807, 2.05) is 43.3 Å². The van der Waals surface area contributed by atoms with Crippen molar-refractivity contribution >= 4 is 17.7 Å². The Labute approximate surface area is 144 Å². The van der Waals surface area contributed by atoms with Crippen molar-refractivity contribution in [3.05, 3.63) is 71.3 Å². The fraction of sp³-hybridized carbons (Fsp3) is 0.286. The lowest BCUT2D eigenvalue weighted by Crippen LogP contribution is -2.27. The van der Waals surface area contributed by atoms with E-state index in [9.17, 15) is 4.79 Å². The maximum atomic E-state index is 12.1. The molecule has 1 unspecified atom stereocenters. The van der Waals surface area contributed by atoms with Gasteiger partial charge in [0.2, 0.25) is 5.91 Å². The minimum Gasteiger partial charge on any atom is -0.374 e. The van der Waals surface area contributed by atoms with Crippen LogP contribution in [0.5, 0.6) is 0 Å². The van der Waals surface area contributed by atoms with Gasteiger partial charge in [0, 0.05) is 25.4 Å². The summed E-state index contributed by atoms with van der Waals surface area (Å²) in [6, 6.07) is 16.4. The molecule has 0 bridgehead atoms. The predicted molar refractivity (Wildman–Crippen MR) is 100 cm³/mol. The Kier molecular flexibility index (Phi) is 4.99. The van der Waals surface area contributed by atoms with Gasteiger partial charge in [-0.3, -0.25) is 4.79 Å². The van der Waals surface area contributed by atoms with Crippen molar-refractivity contribution in [3.63, 3.8) is 0 Å². The Morgan fingerprint density at radius 2 is 2.00 bits per heavy atom. The molecule has 2 aromatic rings. The maximum Gasteiger partial charge on any atom is 0.244 e. The third-order valence-electron chi connectivity index (χ3n) is 4.55. The number of nitrogens with zero attached hydrogens (tertiary/aromatic N) is 1. The zero-order valence-corrected chi connectivity index (χ0v) is 14.3. The summed E-state index contributed by atoms with van der Waals surface area (Å²) >= 11 is 0. The van der Waals surface area contributed by atoms with Crippen LogP contribution in [0.1, 0.15) is 36.1 Å². The third-order valence-corrected chi connectivity index (χ3v) is 4.55. The van der Waals surface area contributed by atoms with Crippen LogP contribution in [0.15, 0.2) is 54.6 Å². The van der Waals surface area contributed by atoms with Gasteiger partial charge in [-0.1, -0.05) is 42.5 Å². The number of amides is 1. The van der Waals surface area contributed by atoms with Crippen LogP contribution >= 0.6 is 0 Å². The second-order valence-electron chi connectivity index (χ2n) is 6.39. The van der Waals surface area contributed by atoms with E-state index in [-0.39, 0.29) is 11.9 Å². The van der Waals surface area contributed by atoms with Gasteiger partial charge in [0.05, 0.1) is 6.04 Å². The molecule has 1 N–H and O–H groups in total. The predicted octanol–water partition coefficient (Wildman–Crippen LogP) is 3.96. The number of nitrogens with one attached hydrogen (secondary N) is 1. The van der Waals surface area contributed by atoms with E-state index in [1.165, 1.54) is 17.7 Å². The van der Waals surface area contributed by atoms with Crippen molar-refractivity contribution in [2.24, 2.45) is 0 Å². The molecule has 3 rings (SSSR count). The molecule has 3 heteroatoms. The number of rotatable bonds is 4. The highest BCUT2D eigenvalue weighted by molar-refractivity contribution is 5.92. The lowest BCUT2D eigenvalue weighted by Gasteiger charge is -2.28. The summed E-state index contributed by atoms with van der Waals surface area (Å²) in [6.45, 7) is 3.12. The van der Waals surface area contributed by atoms with Crippen LogP contribution in [0.3, 0.4) is 0 Å². The van der Waals surface area contributed by atoms with Gasteiger partial charge in [0.15, 0.2) is 0 Å². The van der Waals surface area contributed by atoms with E-state index >= 15 is 0 Å². The molecule has 0 saturated carbocycles. The van der Waals surface area contributed by atoms with Crippen LogP contribution in [0.4, 0.5) is 5.69 Å². The maximum absolute atomic E-state index is 12.1. The summed E-state index contributed by atoms with van der Waals surface area (Å²) in [7, 11) is 2.13. The molecule has 2 aromatic carbocycles. The minimum atomic E-state index is -0.0718. The van der Waals surface area contributed by atoms with Crippen molar-refractivity contribution in [1.82, 2.24) is 5.32 Å². The van der Waals surface area contributed by atoms with E-state index in [0.29, 0.717) is 0 Å². The fourth-order valence-corrected chi connectivity index (χ4v) is 3.12. The summed E-state index contributed by atoms with van der Waals surface area (Å²) in [5.41, 5.74) is 4.86. The molecule has 1 heterocycles. The SMILES string of the molecule is CC(NC(=O)/C=C\c1ccccc1)c1ccc2c(c1)N(C)CCC2. The smallest absolute Gasteiger partial charge is 0.244 e. The summed E-state index contributed by atoms with van der Waals surface area (Å²) in [5, 5.41) is 3.04.